The quantitative estimate of drug-likeness (QED) is 0.606. The number of hydrogen-bond donors (Lipinski definition) is 1. The zero-order valence-corrected chi connectivity index (χ0v) is 17.8. The van der Waals surface area contributed by atoms with Crippen LogP contribution in [-0.2, 0) is 26.1 Å². The van der Waals surface area contributed by atoms with E-state index in [1.165, 1.54) is 4.31 Å². The second-order valence-corrected chi connectivity index (χ2v) is 8.96. The van der Waals surface area contributed by atoms with E-state index in [0.29, 0.717) is 51.6 Å². The van der Waals surface area contributed by atoms with E-state index < -0.39 is 10.0 Å². The van der Waals surface area contributed by atoms with Gasteiger partial charge in [0.25, 0.3) is 0 Å². The zero-order valence-electron chi connectivity index (χ0n) is 17.0. The number of nitrogens with one attached hydrogen (secondary N) is 1. The van der Waals surface area contributed by atoms with Gasteiger partial charge in [0.05, 0.1) is 11.5 Å². The highest BCUT2D eigenvalue weighted by Crippen LogP contribution is 2.24. The van der Waals surface area contributed by atoms with Crippen molar-refractivity contribution in [3.63, 3.8) is 0 Å². The van der Waals surface area contributed by atoms with Crippen LogP contribution in [0, 0.1) is 5.92 Å². The van der Waals surface area contributed by atoms with Crippen molar-refractivity contribution >= 4 is 15.9 Å². The van der Waals surface area contributed by atoms with Gasteiger partial charge in [-0.15, -0.1) is 0 Å². The summed E-state index contributed by atoms with van der Waals surface area (Å²) in [5, 5.41) is 2.93. The van der Waals surface area contributed by atoms with Crippen molar-refractivity contribution in [1.82, 2.24) is 14.6 Å². The van der Waals surface area contributed by atoms with Gasteiger partial charge in [-0.3, -0.25) is 4.79 Å². The van der Waals surface area contributed by atoms with Crippen LogP contribution in [-0.4, -0.2) is 57.0 Å². The number of piperidine rings is 1. The van der Waals surface area contributed by atoms with Gasteiger partial charge in [-0.25, -0.2) is 13.4 Å². The fraction of sp³-hybridized carbons (Fsp3) is 0.429. The molecule has 0 saturated carbocycles. The van der Waals surface area contributed by atoms with E-state index in [4.69, 9.17) is 9.47 Å². The van der Waals surface area contributed by atoms with Crippen LogP contribution in [0.1, 0.15) is 18.4 Å². The second-order valence-electron chi connectivity index (χ2n) is 7.02. The van der Waals surface area contributed by atoms with Crippen molar-refractivity contribution in [2.45, 2.75) is 24.3 Å². The third kappa shape index (κ3) is 5.56. The first-order valence-corrected chi connectivity index (χ1v) is 11.3. The lowest BCUT2D eigenvalue weighted by Crippen LogP contribution is -2.42. The lowest BCUT2D eigenvalue weighted by molar-refractivity contribution is -0.126. The molecule has 0 unspecified atom stereocenters. The van der Waals surface area contributed by atoms with E-state index in [1.807, 2.05) is 6.07 Å². The molecule has 0 atom stereocenters. The third-order valence-electron chi connectivity index (χ3n) is 5.03. The summed E-state index contributed by atoms with van der Waals surface area (Å²) in [4.78, 5) is 17.1. The van der Waals surface area contributed by atoms with Gasteiger partial charge in [0, 0.05) is 44.4 Å². The zero-order chi connectivity index (χ0) is 21.4. The monoisotopic (exact) mass is 433 g/mol. The molecule has 0 bridgehead atoms. The number of benzene rings is 1. The Bertz CT molecular complexity index is 929. The number of nitrogens with zero attached hydrogens (tertiary/aromatic N) is 2. The summed E-state index contributed by atoms with van der Waals surface area (Å²) in [7, 11) is -1.92. The van der Waals surface area contributed by atoms with Crippen molar-refractivity contribution in [2.24, 2.45) is 5.92 Å². The summed E-state index contributed by atoms with van der Waals surface area (Å²) >= 11 is 0. The van der Waals surface area contributed by atoms with E-state index in [-0.39, 0.29) is 16.7 Å². The van der Waals surface area contributed by atoms with Crippen molar-refractivity contribution < 1.29 is 22.7 Å². The van der Waals surface area contributed by atoms with E-state index in [1.54, 1.807) is 49.7 Å². The van der Waals surface area contributed by atoms with E-state index in [0.717, 1.165) is 5.56 Å². The van der Waals surface area contributed by atoms with Crippen LogP contribution in [0.2, 0.25) is 0 Å². The third-order valence-corrected chi connectivity index (χ3v) is 6.95. The van der Waals surface area contributed by atoms with Gasteiger partial charge in [0.1, 0.15) is 6.61 Å². The molecule has 1 aliphatic rings. The van der Waals surface area contributed by atoms with Crippen LogP contribution in [0.3, 0.4) is 0 Å². The molecule has 2 aromatic rings. The van der Waals surface area contributed by atoms with Gasteiger partial charge < -0.3 is 14.8 Å². The first kappa shape index (κ1) is 22.2. The maximum absolute atomic E-state index is 12.7. The van der Waals surface area contributed by atoms with Crippen molar-refractivity contribution in [3.8, 4) is 5.88 Å². The molecule has 1 aromatic heterocycles. The van der Waals surface area contributed by atoms with Gasteiger partial charge in [0.15, 0.2) is 0 Å². The number of carbonyl (C=O) groups is 1. The van der Waals surface area contributed by atoms with Crippen LogP contribution in [0.25, 0.3) is 0 Å². The summed E-state index contributed by atoms with van der Waals surface area (Å²) in [5.74, 6) is 0.166. The van der Waals surface area contributed by atoms with Gasteiger partial charge >= 0.3 is 0 Å². The Hall–Kier alpha value is -2.49. The largest absolute Gasteiger partial charge is 0.475 e. The van der Waals surface area contributed by atoms with Gasteiger partial charge in [-0.05, 0) is 31.0 Å². The Kier molecular flexibility index (Phi) is 7.78. The molecule has 0 radical (unpaired) electrons. The highest BCUT2D eigenvalue weighted by Gasteiger charge is 2.31. The fourth-order valence-corrected chi connectivity index (χ4v) is 4.83. The average Bonchev–Trinajstić information content (AvgIpc) is 2.79. The Morgan fingerprint density at radius 1 is 1.13 bits per heavy atom. The smallest absolute Gasteiger partial charge is 0.243 e. The van der Waals surface area contributed by atoms with Crippen LogP contribution in [0.5, 0.6) is 5.88 Å². The van der Waals surface area contributed by atoms with Crippen molar-refractivity contribution in [1.29, 1.82) is 0 Å². The standard InChI is InChI=1S/C21H27N3O5S/c1-28-14-15-29-21-18(6-5-11-22-21)16-23-20(25)17-9-12-24(13-10-17)30(26,27)19-7-3-2-4-8-19/h2-8,11,17H,9-10,12-16H2,1H3,(H,23,25). The maximum Gasteiger partial charge on any atom is 0.243 e. The predicted octanol–water partition coefficient (Wildman–Crippen LogP) is 1.82. The normalized spacial score (nSPS) is 15.6. The molecule has 0 aliphatic carbocycles. The van der Waals surface area contributed by atoms with Gasteiger partial charge in [-0.2, -0.15) is 4.31 Å². The Morgan fingerprint density at radius 2 is 1.87 bits per heavy atom. The molecule has 1 aromatic carbocycles. The van der Waals surface area contributed by atoms with Crippen LogP contribution >= 0.6 is 0 Å². The SMILES string of the molecule is COCCOc1ncccc1CNC(=O)C1CCN(S(=O)(=O)c2ccccc2)CC1. The van der Waals surface area contributed by atoms with E-state index in [2.05, 4.69) is 10.3 Å². The molecule has 0 spiro atoms. The number of amides is 1. The Morgan fingerprint density at radius 3 is 2.57 bits per heavy atom. The number of pyridine rings is 1. The highest BCUT2D eigenvalue weighted by atomic mass is 32.2. The second kappa shape index (κ2) is 10.5. The van der Waals surface area contributed by atoms with Crippen LogP contribution in [0.15, 0.2) is 53.6 Å². The van der Waals surface area contributed by atoms with Gasteiger partial charge in [0.2, 0.25) is 21.8 Å². The number of hydrogen-bond acceptors (Lipinski definition) is 6. The average molecular weight is 434 g/mol. The van der Waals surface area contributed by atoms with Crippen molar-refractivity contribution in [3.05, 3.63) is 54.2 Å². The van der Waals surface area contributed by atoms with E-state index >= 15 is 0 Å². The molecule has 8 nitrogen and oxygen atoms in total. The fourth-order valence-electron chi connectivity index (χ4n) is 3.34. The predicted molar refractivity (Wildman–Crippen MR) is 111 cm³/mol. The molecule has 162 valence electrons. The van der Waals surface area contributed by atoms with Crippen LogP contribution < -0.4 is 10.1 Å². The molecule has 1 fully saturated rings. The number of methoxy groups -OCH3 is 1. The number of sulfonamides is 1. The molecule has 3 rings (SSSR count). The minimum Gasteiger partial charge on any atom is -0.475 e. The summed E-state index contributed by atoms with van der Waals surface area (Å²) in [6, 6.07) is 12.0. The molecular weight excluding hydrogens is 406 g/mol. The molecule has 1 aliphatic heterocycles. The number of aromatic nitrogens is 1. The lowest BCUT2D eigenvalue weighted by atomic mass is 9.97. The summed E-state index contributed by atoms with van der Waals surface area (Å²) < 4.78 is 37.4. The first-order chi connectivity index (χ1) is 14.5. The number of rotatable bonds is 9. The molecule has 1 N–H and O–H groups in total. The van der Waals surface area contributed by atoms with Crippen molar-refractivity contribution in [2.75, 3.05) is 33.4 Å². The topological polar surface area (TPSA) is 97.8 Å². The maximum atomic E-state index is 12.7. The molecule has 30 heavy (non-hydrogen) atoms. The van der Waals surface area contributed by atoms with Gasteiger partial charge in [-0.1, -0.05) is 24.3 Å². The Labute approximate surface area is 177 Å². The Balaban J connectivity index is 1.52. The highest BCUT2D eigenvalue weighted by molar-refractivity contribution is 7.89. The molecule has 2 heterocycles. The minimum absolute atomic E-state index is 0.0848. The summed E-state index contributed by atoms with van der Waals surface area (Å²) in [5.41, 5.74) is 0.783. The minimum atomic E-state index is -3.52. The summed E-state index contributed by atoms with van der Waals surface area (Å²) in [6.45, 7) is 1.79. The molecule has 1 saturated heterocycles. The molecular formula is C21H27N3O5S. The summed E-state index contributed by atoms with van der Waals surface area (Å²) in [6.07, 6.45) is 2.61. The van der Waals surface area contributed by atoms with E-state index in [9.17, 15) is 13.2 Å². The first-order valence-electron chi connectivity index (χ1n) is 9.91. The number of carbonyl (C=O) groups excluding carboxylic acids is 1. The lowest BCUT2D eigenvalue weighted by Gasteiger charge is -2.30. The number of ether oxygens (including phenoxy) is 2. The van der Waals surface area contributed by atoms with Crippen LogP contribution in [0.4, 0.5) is 0 Å². The molecule has 9 heteroatoms. The molecule has 1 amide bonds.